The van der Waals surface area contributed by atoms with Crippen LogP contribution >= 0.6 is 23.2 Å². The number of hydrogen-bond acceptors (Lipinski definition) is 1. The van der Waals surface area contributed by atoms with Crippen molar-refractivity contribution in [1.29, 1.82) is 0 Å². The van der Waals surface area contributed by atoms with Gasteiger partial charge in [-0.05, 0) is 24.3 Å². The predicted molar refractivity (Wildman–Crippen MR) is 69.2 cm³/mol. The zero-order chi connectivity index (χ0) is 11.5. The SMILES string of the molecule is Cn1cccc1CNc1cccc(Cl)c1Cl. The second kappa shape index (κ2) is 4.81. The van der Waals surface area contributed by atoms with Gasteiger partial charge in [-0.2, -0.15) is 0 Å². The van der Waals surface area contributed by atoms with Crippen LogP contribution in [0.15, 0.2) is 36.5 Å². The van der Waals surface area contributed by atoms with Gasteiger partial charge in [-0.15, -0.1) is 0 Å². The molecule has 0 bridgehead atoms. The van der Waals surface area contributed by atoms with Crippen molar-refractivity contribution in [3.63, 3.8) is 0 Å². The molecule has 16 heavy (non-hydrogen) atoms. The van der Waals surface area contributed by atoms with E-state index in [4.69, 9.17) is 23.2 Å². The fourth-order valence-electron chi connectivity index (χ4n) is 1.51. The van der Waals surface area contributed by atoms with Crippen molar-refractivity contribution in [3.05, 3.63) is 52.3 Å². The highest BCUT2D eigenvalue weighted by molar-refractivity contribution is 6.43. The lowest BCUT2D eigenvalue weighted by atomic mass is 10.3. The van der Waals surface area contributed by atoms with Crippen molar-refractivity contribution in [2.45, 2.75) is 6.54 Å². The fraction of sp³-hybridized carbons (Fsp3) is 0.167. The Kier molecular flexibility index (Phi) is 3.42. The van der Waals surface area contributed by atoms with E-state index in [1.165, 1.54) is 5.69 Å². The van der Waals surface area contributed by atoms with Crippen molar-refractivity contribution in [3.8, 4) is 0 Å². The van der Waals surface area contributed by atoms with Crippen molar-refractivity contribution < 1.29 is 0 Å². The third-order valence-corrected chi connectivity index (χ3v) is 3.28. The van der Waals surface area contributed by atoms with Gasteiger partial charge >= 0.3 is 0 Å². The Morgan fingerprint density at radius 1 is 1.19 bits per heavy atom. The summed E-state index contributed by atoms with van der Waals surface area (Å²) >= 11 is 12.0. The number of anilines is 1. The van der Waals surface area contributed by atoms with Crippen LogP contribution in [0.25, 0.3) is 0 Å². The van der Waals surface area contributed by atoms with E-state index < -0.39 is 0 Å². The summed E-state index contributed by atoms with van der Waals surface area (Å²) in [5.74, 6) is 0. The lowest BCUT2D eigenvalue weighted by molar-refractivity contribution is 0.842. The fourth-order valence-corrected chi connectivity index (χ4v) is 1.87. The maximum atomic E-state index is 6.07. The van der Waals surface area contributed by atoms with Crippen LogP contribution in [-0.2, 0) is 13.6 Å². The van der Waals surface area contributed by atoms with Gasteiger partial charge in [0.05, 0.1) is 22.3 Å². The van der Waals surface area contributed by atoms with E-state index >= 15 is 0 Å². The molecule has 2 aromatic rings. The van der Waals surface area contributed by atoms with Crippen LogP contribution in [0.3, 0.4) is 0 Å². The number of hydrogen-bond donors (Lipinski definition) is 1. The zero-order valence-corrected chi connectivity index (χ0v) is 10.4. The van der Waals surface area contributed by atoms with E-state index in [9.17, 15) is 0 Å². The largest absolute Gasteiger partial charge is 0.378 e. The molecule has 2 rings (SSSR count). The van der Waals surface area contributed by atoms with Crippen molar-refractivity contribution in [1.82, 2.24) is 4.57 Å². The molecule has 1 aromatic carbocycles. The summed E-state index contributed by atoms with van der Waals surface area (Å²) in [5.41, 5.74) is 2.05. The molecule has 0 aliphatic rings. The molecule has 0 spiro atoms. The van der Waals surface area contributed by atoms with Crippen LogP contribution in [0.1, 0.15) is 5.69 Å². The Hall–Kier alpha value is -1.12. The second-order valence-corrected chi connectivity index (χ2v) is 4.35. The molecule has 84 valence electrons. The van der Waals surface area contributed by atoms with E-state index in [-0.39, 0.29) is 0 Å². The summed E-state index contributed by atoms with van der Waals surface area (Å²) in [6, 6.07) is 9.64. The zero-order valence-electron chi connectivity index (χ0n) is 8.87. The molecule has 0 saturated heterocycles. The van der Waals surface area contributed by atoms with Crippen molar-refractivity contribution in [2.75, 3.05) is 5.32 Å². The molecular formula is C12H12Cl2N2. The van der Waals surface area contributed by atoms with Crippen LogP contribution in [0.2, 0.25) is 10.0 Å². The molecule has 1 heterocycles. The first-order valence-corrected chi connectivity index (χ1v) is 5.72. The average Bonchev–Trinajstić information content (AvgIpc) is 2.67. The Morgan fingerprint density at radius 3 is 2.69 bits per heavy atom. The van der Waals surface area contributed by atoms with Gasteiger partial charge < -0.3 is 9.88 Å². The predicted octanol–water partition coefficient (Wildman–Crippen LogP) is 3.94. The first kappa shape index (κ1) is 11.4. The molecule has 1 aromatic heterocycles. The van der Waals surface area contributed by atoms with Gasteiger partial charge in [0.25, 0.3) is 0 Å². The molecule has 0 saturated carbocycles. The van der Waals surface area contributed by atoms with Crippen LogP contribution < -0.4 is 5.32 Å². The molecule has 0 radical (unpaired) electrons. The maximum absolute atomic E-state index is 6.07. The first-order valence-electron chi connectivity index (χ1n) is 4.96. The molecule has 2 nitrogen and oxygen atoms in total. The smallest absolute Gasteiger partial charge is 0.0823 e. The first-order chi connectivity index (χ1) is 7.68. The minimum Gasteiger partial charge on any atom is -0.378 e. The Morgan fingerprint density at radius 2 is 2.00 bits per heavy atom. The second-order valence-electron chi connectivity index (χ2n) is 3.57. The summed E-state index contributed by atoms with van der Waals surface area (Å²) in [5, 5.41) is 4.40. The number of nitrogens with zero attached hydrogens (tertiary/aromatic N) is 1. The summed E-state index contributed by atoms with van der Waals surface area (Å²) < 4.78 is 2.06. The highest BCUT2D eigenvalue weighted by Crippen LogP contribution is 2.29. The van der Waals surface area contributed by atoms with Crippen LogP contribution in [-0.4, -0.2) is 4.57 Å². The molecule has 0 amide bonds. The van der Waals surface area contributed by atoms with E-state index in [1.807, 2.05) is 31.4 Å². The van der Waals surface area contributed by atoms with E-state index in [0.717, 1.165) is 12.2 Å². The van der Waals surface area contributed by atoms with Gasteiger partial charge in [0.15, 0.2) is 0 Å². The van der Waals surface area contributed by atoms with Crippen LogP contribution in [0, 0.1) is 0 Å². The Balaban J connectivity index is 2.11. The number of aromatic nitrogens is 1. The topological polar surface area (TPSA) is 17.0 Å². The molecule has 0 aliphatic heterocycles. The molecule has 0 aliphatic carbocycles. The van der Waals surface area contributed by atoms with Gasteiger partial charge in [-0.25, -0.2) is 0 Å². The summed E-state index contributed by atoms with van der Waals surface area (Å²) in [4.78, 5) is 0. The molecule has 0 fully saturated rings. The molecular weight excluding hydrogens is 243 g/mol. The van der Waals surface area contributed by atoms with Gasteiger partial charge in [-0.3, -0.25) is 0 Å². The molecule has 0 atom stereocenters. The van der Waals surface area contributed by atoms with Gasteiger partial charge in [-0.1, -0.05) is 29.3 Å². The lowest BCUT2D eigenvalue weighted by Gasteiger charge is -2.09. The van der Waals surface area contributed by atoms with E-state index in [0.29, 0.717) is 10.0 Å². The van der Waals surface area contributed by atoms with Crippen LogP contribution in [0.4, 0.5) is 5.69 Å². The Labute approximate surface area is 105 Å². The van der Waals surface area contributed by atoms with Gasteiger partial charge in [0, 0.05) is 18.9 Å². The summed E-state index contributed by atoms with van der Waals surface area (Å²) in [6.07, 6.45) is 2.01. The number of aryl methyl sites for hydroxylation is 1. The van der Waals surface area contributed by atoms with Gasteiger partial charge in [0.2, 0.25) is 0 Å². The highest BCUT2D eigenvalue weighted by atomic mass is 35.5. The summed E-state index contributed by atoms with van der Waals surface area (Å²) in [6.45, 7) is 0.726. The number of rotatable bonds is 3. The number of benzene rings is 1. The standard InChI is InChI=1S/C12H12Cl2N2/c1-16-7-3-4-9(16)8-15-11-6-2-5-10(13)12(11)14/h2-7,15H,8H2,1H3. The average molecular weight is 255 g/mol. The van der Waals surface area contributed by atoms with E-state index in [2.05, 4.69) is 16.0 Å². The third kappa shape index (κ3) is 2.34. The minimum atomic E-state index is 0.568. The van der Waals surface area contributed by atoms with Crippen LogP contribution in [0.5, 0.6) is 0 Å². The van der Waals surface area contributed by atoms with Crippen molar-refractivity contribution >= 4 is 28.9 Å². The normalized spacial score (nSPS) is 10.4. The molecule has 1 N–H and O–H groups in total. The number of nitrogens with one attached hydrogen (secondary N) is 1. The quantitative estimate of drug-likeness (QED) is 0.878. The van der Waals surface area contributed by atoms with Crippen molar-refractivity contribution in [2.24, 2.45) is 7.05 Å². The third-order valence-electron chi connectivity index (χ3n) is 2.46. The molecule has 4 heteroatoms. The maximum Gasteiger partial charge on any atom is 0.0823 e. The number of halogens is 2. The Bertz CT molecular complexity index is 492. The minimum absolute atomic E-state index is 0.568. The lowest BCUT2D eigenvalue weighted by Crippen LogP contribution is -2.04. The highest BCUT2D eigenvalue weighted by Gasteiger charge is 2.04. The molecule has 0 unspecified atom stereocenters. The van der Waals surface area contributed by atoms with E-state index in [1.54, 1.807) is 6.07 Å². The summed E-state index contributed by atoms with van der Waals surface area (Å²) in [7, 11) is 2.01. The monoisotopic (exact) mass is 254 g/mol. The van der Waals surface area contributed by atoms with Gasteiger partial charge in [0.1, 0.15) is 0 Å².